The molecule has 5 nitrogen and oxygen atoms in total. The van der Waals surface area contributed by atoms with Crippen molar-refractivity contribution in [3.05, 3.63) is 16.3 Å². The number of thiophene rings is 1. The molecule has 7 heteroatoms. The molecule has 2 aromatic heterocycles. The standard InChI is InChI=1S/C18H23N3O2S2/c1-10-7-21(8-11(2)23-10)15(22)9-24-17-16-13-5-4-6-14(13)25-18(16)20-12(3)19-17/h10-11H,4-9H2,1-3H3/t10-,11-/m0/s1. The highest BCUT2D eigenvalue weighted by Crippen LogP contribution is 2.40. The summed E-state index contributed by atoms with van der Waals surface area (Å²) in [6, 6.07) is 0. The Balaban J connectivity index is 1.54. The summed E-state index contributed by atoms with van der Waals surface area (Å²) in [5.74, 6) is 1.38. The number of rotatable bonds is 3. The van der Waals surface area contributed by atoms with Gasteiger partial charge in [-0.25, -0.2) is 9.97 Å². The van der Waals surface area contributed by atoms with Gasteiger partial charge in [-0.05, 0) is 45.6 Å². The van der Waals surface area contributed by atoms with Crippen LogP contribution in [-0.2, 0) is 22.4 Å². The Bertz CT molecular complexity index is 810. The van der Waals surface area contributed by atoms with Crippen LogP contribution in [0.1, 0.15) is 36.5 Å². The van der Waals surface area contributed by atoms with Gasteiger partial charge in [0.05, 0.1) is 18.0 Å². The summed E-state index contributed by atoms with van der Waals surface area (Å²) in [4.78, 5) is 26.4. The molecular formula is C18H23N3O2S2. The predicted octanol–water partition coefficient (Wildman–Crippen LogP) is 3.22. The minimum absolute atomic E-state index is 0.103. The van der Waals surface area contributed by atoms with E-state index in [1.54, 1.807) is 23.1 Å². The van der Waals surface area contributed by atoms with Crippen LogP contribution in [0.5, 0.6) is 0 Å². The number of hydrogen-bond acceptors (Lipinski definition) is 6. The zero-order valence-electron chi connectivity index (χ0n) is 14.9. The number of hydrogen-bond donors (Lipinski definition) is 0. The molecule has 25 heavy (non-hydrogen) atoms. The van der Waals surface area contributed by atoms with E-state index in [0.717, 1.165) is 28.5 Å². The number of fused-ring (bicyclic) bond motifs is 3. The van der Waals surface area contributed by atoms with Gasteiger partial charge >= 0.3 is 0 Å². The molecule has 2 aliphatic rings. The maximum atomic E-state index is 12.7. The Morgan fingerprint density at radius 2 is 2.04 bits per heavy atom. The van der Waals surface area contributed by atoms with Gasteiger partial charge in [0, 0.05) is 23.4 Å². The van der Waals surface area contributed by atoms with Crippen LogP contribution in [0.2, 0.25) is 0 Å². The van der Waals surface area contributed by atoms with Gasteiger partial charge in [0.2, 0.25) is 5.91 Å². The molecule has 1 fully saturated rings. The van der Waals surface area contributed by atoms with Crippen LogP contribution >= 0.6 is 23.1 Å². The number of carbonyl (C=O) groups excluding carboxylic acids is 1. The van der Waals surface area contributed by atoms with E-state index < -0.39 is 0 Å². The first-order valence-corrected chi connectivity index (χ1v) is 10.7. The topological polar surface area (TPSA) is 55.3 Å². The monoisotopic (exact) mass is 377 g/mol. The molecule has 1 amide bonds. The van der Waals surface area contributed by atoms with Crippen molar-refractivity contribution < 1.29 is 9.53 Å². The summed E-state index contributed by atoms with van der Waals surface area (Å²) in [7, 11) is 0. The average Bonchev–Trinajstić information content (AvgIpc) is 3.11. The third-order valence-corrected chi connectivity index (χ3v) is 6.89. The zero-order valence-corrected chi connectivity index (χ0v) is 16.5. The normalized spacial score (nSPS) is 23.2. The van der Waals surface area contributed by atoms with Gasteiger partial charge in [-0.3, -0.25) is 4.79 Å². The summed E-state index contributed by atoms with van der Waals surface area (Å²) < 4.78 is 5.72. The Labute approximate surface area is 156 Å². The lowest BCUT2D eigenvalue weighted by molar-refractivity contribution is -0.140. The number of aromatic nitrogens is 2. The molecule has 0 unspecified atom stereocenters. The number of carbonyl (C=O) groups is 1. The molecule has 4 rings (SSSR count). The Kier molecular flexibility index (Phi) is 4.73. The maximum absolute atomic E-state index is 12.7. The van der Waals surface area contributed by atoms with E-state index >= 15 is 0 Å². The quantitative estimate of drug-likeness (QED) is 0.607. The summed E-state index contributed by atoms with van der Waals surface area (Å²) in [5.41, 5.74) is 1.42. The number of nitrogens with zero attached hydrogens (tertiary/aromatic N) is 3. The van der Waals surface area contributed by atoms with Crippen molar-refractivity contribution >= 4 is 39.2 Å². The molecule has 0 bridgehead atoms. The van der Waals surface area contributed by atoms with Gasteiger partial charge in [-0.1, -0.05) is 11.8 Å². The minimum Gasteiger partial charge on any atom is -0.372 e. The first-order valence-electron chi connectivity index (χ1n) is 8.86. The Morgan fingerprint density at radius 1 is 1.28 bits per heavy atom. The van der Waals surface area contributed by atoms with Gasteiger partial charge in [0.15, 0.2) is 0 Å². The van der Waals surface area contributed by atoms with Gasteiger partial charge in [0.25, 0.3) is 0 Å². The zero-order chi connectivity index (χ0) is 17.6. The average molecular weight is 378 g/mol. The number of amides is 1. The number of morpholine rings is 1. The number of thioether (sulfide) groups is 1. The van der Waals surface area contributed by atoms with Crippen molar-refractivity contribution in [2.45, 2.75) is 57.3 Å². The third-order valence-electron chi connectivity index (χ3n) is 4.75. The van der Waals surface area contributed by atoms with Crippen LogP contribution in [0.4, 0.5) is 0 Å². The van der Waals surface area contributed by atoms with Gasteiger partial charge in [-0.2, -0.15) is 0 Å². The van der Waals surface area contributed by atoms with Crippen LogP contribution in [0.25, 0.3) is 10.2 Å². The maximum Gasteiger partial charge on any atom is 0.233 e. The van der Waals surface area contributed by atoms with E-state index in [9.17, 15) is 4.79 Å². The SMILES string of the molecule is Cc1nc(SCC(=O)N2C[C@H](C)O[C@@H](C)C2)c2c3c(sc2n1)CCC3. The Morgan fingerprint density at radius 3 is 2.80 bits per heavy atom. The first-order chi connectivity index (χ1) is 12.0. The van der Waals surface area contributed by atoms with Gasteiger partial charge in [-0.15, -0.1) is 11.3 Å². The Hall–Kier alpha value is -1.18. The lowest BCUT2D eigenvalue weighted by Gasteiger charge is -2.35. The second-order valence-electron chi connectivity index (χ2n) is 6.96. The highest BCUT2D eigenvalue weighted by Gasteiger charge is 2.27. The van der Waals surface area contributed by atoms with E-state index in [1.165, 1.54) is 22.2 Å². The van der Waals surface area contributed by atoms with E-state index in [0.29, 0.717) is 18.8 Å². The highest BCUT2D eigenvalue weighted by molar-refractivity contribution is 8.00. The molecule has 1 aliphatic carbocycles. The molecule has 1 saturated heterocycles. The van der Waals surface area contributed by atoms with Crippen molar-refractivity contribution in [2.75, 3.05) is 18.8 Å². The van der Waals surface area contributed by atoms with Crippen molar-refractivity contribution in [2.24, 2.45) is 0 Å². The molecule has 2 atom stereocenters. The molecule has 0 N–H and O–H groups in total. The lowest BCUT2D eigenvalue weighted by atomic mass is 10.2. The van der Waals surface area contributed by atoms with Gasteiger partial charge < -0.3 is 9.64 Å². The molecule has 2 aromatic rings. The molecular weight excluding hydrogens is 354 g/mol. The van der Waals surface area contributed by atoms with Crippen LogP contribution < -0.4 is 0 Å². The van der Waals surface area contributed by atoms with Crippen molar-refractivity contribution in [1.82, 2.24) is 14.9 Å². The van der Waals surface area contributed by atoms with Crippen molar-refractivity contribution in [1.29, 1.82) is 0 Å². The predicted molar refractivity (Wildman–Crippen MR) is 101 cm³/mol. The van der Waals surface area contributed by atoms with E-state index in [2.05, 4.69) is 9.97 Å². The number of aryl methyl sites for hydroxylation is 3. The first kappa shape index (κ1) is 17.2. The van der Waals surface area contributed by atoms with Crippen molar-refractivity contribution in [3.8, 4) is 0 Å². The fourth-order valence-electron chi connectivity index (χ4n) is 3.77. The summed E-state index contributed by atoms with van der Waals surface area (Å²) >= 11 is 3.36. The highest BCUT2D eigenvalue weighted by atomic mass is 32.2. The van der Waals surface area contributed by atoms with E-state index in [4.69, 9.17) is 4.74 Å². The van der Waals surface area contributed by atoms with E-state index in [-0.39, 0.29) is 18.1 Å². The summed E-state index contributed by atoms with van der Waals surface area (Å²) in [6.07, 6.45) is 3.69. The molecule has 0 spiro atoms. The van der Waals surface area contributed by atoms with Crippen LogP contribution in [-0.4, -0.2) is 51.8 Å². The fraction of sp³-hybridized carbons (Fsp3) is 0.611. The fourth-order valence-corrected chi connectivity index (χ4v) is 6.15. The molecule has 3 heterocycles. The molecule has 0 saturated carbocycles. The molecule has 0 aromatic carbocycles. The third kappa shape index (κ3) is 3.41. The molecule has 1 aliphatic heterocycles. The summed E-state index contributed by atoms with van der Waals surface area (Å²) in [6.45, 7) is 7.33. The lowest BCUT2D eigenvalue weighted by Crippen LogP contribution is -2.48. The minimum atomic E-state index is 0.103. The van der Waals surface area contributed by atoms with Crippen LogP contribution in [0.15, 0.2) is 5.03 Å². The number of ether oxygens (including phenoxy) is 1. The van der Waals surface area contributed by atoms with Crippen LogP contribution in [0.3, 0.4) is 0 Å². The van der Waals surface area contributed by atoms with Crippen LogP contribution in [0, 0.1) is 6.92 Å². The van der Waals surface area contributed by atoms with Crippen molar-refractivity contribution in [3.63, 3.8) is 0 Å². The largest absolute Gasteiger partial charge is 0.372 e. The second-order valence-corrected chi connectivity index (χ2v) is 9.01. The van der Waals surface area contributed by atoms with Gasteiger partial charge in [0.1, 0.15) is 15.7 Å². The molecule has 0 radical (unpaired) electrons. The second kappa shape index (κ2) is 6.85. The van der Waals surface area contributed by atoms with E-state index in [1.807, 2.05) is 25.7 Å². The summed E-state index contributed by atoms with van der Waals surface area (Å²) in [5, 5.41) is 2.18. The molecule has 134 valence electrons. The smallest absolute Gasteiger partial charge is 0.233 e.